The van der Waals surface area contributed by atoms with Gasteiger partial charge < -0.3 is 15.4 Å². The summed E-state index contributed by atoms with van der Waals surface area (Å²) >= 11 is 0. The van der Waals surface area contributed by atoms with Gasteiger partial charge in [0.1, 0.15) is 5.75 Å². The Hall–Kier alpha value is -2.04. The van der Waals surface area contributed by atoms with Gasteiger partial charge in [0.15, 0.2) is 0 Å². The average Bonchev–Trinajstić information content (AvgIpc) is 2.53. The molecule has 0 radical (unpaired) electrons. The van der Waals surface area contributed by atoms with E-state index in [-0.39, 0.29) is 23.8 Å². The van der Waals surface area contributed by atoms with Gasteiger partial charge >= 0.3 is 0 Å². The van der Waals surface area contributed by atoms with E-state index in [4.69, 9.17) is 10.5 Å². The van der Waals surface area contributed by atoms with Gasteiger partial charge in [0.25, 0.3) is 0 Å². The third-order valence-electron chi connectivity index (χ3n) is 4.37. The Bertz CT molecular complexity index is 544. The molecule has 0 bridgehead atoms. The van der Waals surface area contributed by atoms with Gasteiger partial charge in [-0.1, -0.05) is 12.1 Å². The van der Waals surface area contributed by atoms with Crippen molar-refractivity contribution in [2.75, 3.05) is 13.7 Å². The summed E-state index contributed by atoms with van der Waals surface area (Å²) in [5.74, 6) is 0.362. The normalized spacial score (nSPS) is 21.5. The molecule has 0 aromatic heterocycles. The predicted molar refractivity (Wildman–Crippen MR) is 84.4 cm³/mol. The monoisotopic (exact) mass is 304 g/mol. The quantitative estimate of drug-likeness (QED) is 0.900. The number of nitrogens with two attached hydrogens (primary N) is 1. The highest BCUT2D eigenvalue weighted by atomic mass is 16.5. The average molecular weight is 304 g/mol. The zero-order valence-electron chi connectivity index (χ0n) is 13.2. The molecule has 120 valence electrons. The number of ether oxygens (including phenoxy) is 1. The Kier molecular flexibility index (Phi) is 5.41. The summed E-state index contributed by atoms with van der Waals surface area (Å²) in [6.07, 6.45) is 2.71. The van der Waals surface area contributed by atoms with Crippen molar-refractivity contribution in [3.63, 3.8) is 0 Å². The third kappa shape index (κ3) is 4.00. The Labute approximate surface area is 131 Å². The Morgan fingerprint density at radius 3 is 2.82 bits per heavy atom. The molecule has 1 aliphatic rings. The highest BCUT2D eigenvalue weighted by molar-refractivity contribution is 5.80. The maximum atomic E-state index is 12.4. The second-order valence-corrected chi connectivity index (χ2v) is 5.92. The van der Waals surface area contributed by atoms with Crippen molar-refractivity contribution in [3.05, 3.63) is 29.8 Å². The molecule has 2 atom stereocenters. The number of benzene rings is 1. The first-order valence-electron chi connectivity index (χ1n) is 7.73. The van der Waals surface area contributed by atoms with Gasteiger partial charge in [0.05, 0.1) is 13.0 Å². The van der Waals surface area contributed by atoms with Gasteiger partial charge in [-0.15, -0.1) is 0 Å². The second-order valence-electron chi connectivity index (χ2n) is 5.92. The van der Waals surface area contributed by atoms with E-state index >= 15 is 0 Å². The van der Waals surface area contributed by atoms with Crippen LogP contribution in [0.2, 0.25) is 0 Å². The van der Waals surface area contributed by atoms with Crippen molar-refractivity contribution in [2.45, 2.75) is 38.6 Å². The fourth-order valence-corrected chi connectivity index (χ4v) is 2.91. The smallest absolute Gasteiger partial charge is 0.223 e. The summed E-state index contributed by atoms with van der Waals surface area (Å²) in [5.41, 5.74) is 6.45. The van der Waals surface area contributed by atoms with Crippen LogP contribution in [0.1, 0.15) is 31.7 Å². The maximum absolute atomic E-state index is 12.4. The molecule has 5 heteroatoms. The van der Waals surface area contributed by atoms with Crippen LogP contribution in [0.25, 0.3) is 0 Å². The molecule has 1 saturated heterocycles. The van der Waals surface area contributed by atoms with Gasteiger partial charge in [-0.3, -0.25) is 9.59 Å². The van der Waals surface area contributed by atoms with E-state index in [0.29, 0.717) is 19.4 Å². The van der Waals surface area contributed by atoms with Gasteiger partial charge in [0, 0.05) is 19.0 Å². The van der Waals surface area contributed by atoms with E-state index < -0.39 is 0 Å². The number of carbonyl (C=O) groups excluding carboxylic acids is 2. The second kappa shape index (κ2) is 7.29. The SMILES string of the molecule is COc1cccc(CCC(=O)N2CC(C(N)=O)CCC2C)c1. The maximum Gasteiger partial charge on any atom is 0.223 e. The molecule has 1 aliphatic heterocycles. The number of primary amides is 1. The molecule has 22 heavy (non-hydrogen) atoms. The Morgan fingerprint density at radius 2 is 2.14 bits per heavy atom. The summed E-state index contributed by atoms with van der Waals surface area (Å²) in [6, 6.07) is 7.91. The van der Waals surface area contributed by atoms with Crippen molar-refractivity contribution in [3.8, 4) is 5.75 Å². The van der Waals surface area contributed by atoms with Crippen molar-refractivity contribution < 1.29 is 14.3 Å². The minimum absolute atomic E-state index is 0.0845. The molecule has 2 N–H and O–H groups in total. The van der Waals surface area contributed by atoms with Crippen LogP contribution in [-0.2, 0) is 16.0 Å². The lowest BCUT2D eigenvalue weighted by molar-refractivity contribution is -0.137. The number of aryl methyl sites for hydroxylation is 1. The standard InChI is InChI=1S/C17H24N2O3/c1-12-6-8-14(17(18)21)11-19(12)16(20)9-7-13-4-3-5-15(10-13)22-2/h3-5,10,12,14H,6-9,11H2,1-2H3,(H2,18,21). The van der Waals surface area contributed by atoms with E-state index in [9.17, 15) is 9.59 Å². The minimum Gasteiger partial charge on any atom is -0.497 e. The molecule has 0 saturated carbocycles. The molecule has 0 aliphatic carbocycles. The van der Waals surface area contributed by atoms with E-state index in [0.717, 1.165) is 24.2 Å². The third-order valence-corrected chi connectivity index (χ3v) is 4.37. The molecule has 1 aromatic carbocycles. The van der Waals surface area contributed by atoms with Crippen molar-refractivity contribution in [2.24, 2.45) is 11.7 Å². The van der Waals surface area contributed by atoms with Crippen LogP contribution in [0.3, 0.4) is 0 Å². The van der Waals surface area contributed by atoms with Crippen LogP contribution >= 0.6 is 0 Å². The van der Waals surface area contributed by atoms with Gasteiger partial charge in [-0.25, -0.2) is 0 Å². The van der Waals surface area contributed by atoms with Crippen LogP contribution in [0.5, 0.6) is 5.75 Å². The molecule has 1 fully saturated rings. The number of likely N-dealkylation sites (tertiary alicyclic amines) is 1. The molecule has 0 spiro atoms. The number of nitrogens with zero attached hydrogens (tertiary/aromatic N) is 1. The summed E-state index contributed by atoms with van der Waals surface area (Å²) < 4.78 is 5.19. The van der Waals surface area contributed by atoms with E-state index in [1.165, 1.54) is 0 Å². The number of hydrogen-bond acceptors (Lipinski definition) is 3. The van der Waals surface area contributed by atoms with Crippen LogP contribution in [0.15, 0.2) is 24.3 Å². The zero-order chi connectivity index (χ0) is 16.1. The number of rotatable bonds is 5. The van der Waals surface area contributed by atoms with Crippen molar-refractivity contribution in [1.82, 2.24) is 4.90 Å². The highest BCUT2D eigenvalue weighted by Crippen LogP contribution is 2.23. The first-order valence-corrected chi connectivity index (χ1v) is 7.73. The van der Waals surface area contributed by atoms with Gasteiger partial charge in [-0.05, 0) is 43.9 Å². The number of methoxy groups -OCH3 is 1. The lowest BCUT2D eigenvalue weighted by Gasteiger charge is -2.37. The first-order chi connectivity index (χ1) is 10.5. The number of piperidine rings is 1. The van der Waals surface area contributed by atoms with Gasteiger partial charge in [-0.2, -0.15) is 0 Å². The number of carbonyl (C=O) groups is 2. The van der Waals surface area contributed by atoms with Crippen LogP contribution < -0.4 is 10.5 Å². The minimum atomic E-state index is -0.308. The summed E-state index contributed by atoms with van der Waals surface area (Å²) in [7, 11) is 1.63. The molecule has 2 rings (SSSR count). The van der Waals surface area contributed by atoms with Crippen molar-refractivity contribution in [1.29, 1.82) is 0 Å². The molecule has 2 unspecified atom stereocenters. The Morgan fingerprint density at radius 1 is 1.36 bits per heavy atom. The molecule has 1 heterocycles. The van der Waals surface area contributed by atoms with Crippen LogP contribution in [0.4, 0.5) is 0 Å². The van der Waals surface area contributed by atoms with E-state index in [1.54, 1.807) is 12.0 Å². The topological polar surface area (TPSA) is 72.6 Å². The molecular formula is C17H24N2O3. The summed E-state index contributed by atoms with van der Waals surface area (Å²) in [4.78, 5) is 25.6. The van der Waals surface area contributed by atoms with E-state index in [1.807, 2.05) is 31.2 Å². The summed E-state index contributed by atoms with van der Waals surface area (Å²) in [6.45, 7) is 2.48. The molecular weight excluding hydrogens is 280 g/mol. The lowest BCUT2D eigenvalue weighted by Crippen LogP contribution is -2.48. The van der Waals surface area contributed by atoms with Crippen molar-refractivity contribution >= 4 is 11.8 Å². The van der Waals surface area contributed by atoms with Gasteiger partial charge in [0.2, 0.25) is 11.8 Å². The van der Waals surface area contributed by atoms with Crippen LogP contribution in [-0.4, -0.2) is 36.4 Å². The highest BCUT2D eigenvalue weighted by Gasteiger charge is 2.31. The van der Waals surface area contributed by atoms with E-state index in [2.05, 4.69) is 0 Å². The number of hydrogen-bond donors (Lipinski definition) is 1. The largest absolute Gasteiger partial charge is 0.497 e. The fourth-order valence-electron chi connectivity index (χ4n) is 2.91. The predicted octanol–water partition coefficient (Wildman–Crippen LogP) is 1.74. The Balaban J connectivity index is 1.94. The first kappa shape index (κ1) is 16.3. The lowest BCUT2D eigenvalue weighted by atomic mass is 9.92. The van der Waals surface area contributed by atoms with Crippen LogP contribution in [0, 0.1) is 5.92 Å². The molecule has 2 amide bonds. The number of amides is 2. The summed E-state index contributed by atoms with van der Waals surface area (Å²) in [5, 5.41) is 0. The molecule has 1 aromatic rings. The zero-order valence-corrected chi connectivity index (χ0v) is 13.2. The molecule has 5 nitrogen and oxygen atoms in total. The fraction of sp³-hybridized carbons (Fsp3) is 0.529.